The molecule has 4 N–H and O–H groups in total. The van der Waals surface area contributed by atoms with Gasteiger partial charge in [0, 0.05) is 31.0 Å². The van der Waals surface area contributed by atoms with Crippen LogP contribution < -0.4 is 16.4 Å². The van der Waals surface area contributed by atoms with Crippen LogP contribution in [0.15, 0.2) is 89.5 Å². The van der Waals surface area contributed by atoms with Gasteiger partial charge in [0.2, 0.25) is 6.41 Å². The first-order chi connectivity index (χ1) is 21.9. The van der Waals surface area contributed by atoms with Crippen LogP contribution in [-0.4, -0.2) is 62.5 Å². The van der Waals surface area contributed by atoms with E-state index in [0.29, 0.717) is 18.3 Å². The van der Waals surface area contributed by atoms with Crippen molar-refractivity contribution < 1.29 is 27.8 Å². The molecule has 1 unspecified atom stereocenters. The smallest absolute Gasteiger partial charge is 0.400 e. The van der Waals surface area contributed by atoms with Gasteiger partial charge < -0.3 is 30.7 Å². The lowest BCUT2D eigenvalue weighted by Gasteiger charge is -2.19. The molecular weight excluding hydrogens is 592 g/mol. The number of anilines is 1. The summed E-state index contributed by atoms with van der Waals surface area (Å²) in [6, 6.07) is 8.81. The molecule has 1 saturated heterocycles. The van der Waals surface area contributed by atoms with Gasteiger partial charge in [-0.15, -0.1) is 15.4 Å². The third-order valence-electron chi connectivity index (χ3n) is 6.25. The van der Waals surface area contributed by atoms with Crippen molar-refractivity contribution in [2.24, 2.45) is 10.7 Å². The SMILES string of the molecule is C=CC.C=CC1=C(C)OC(F)(F)O1.CC.C\C=C(/N=C\C=C(/C)CNc1ccccc1C)C(=O)NCCC1CCCN1C.NC=O. The van der Waals surface area contributed by atoms with Crippen molar-refractivity contribution in [3.63, 3.8) is 0 Å². The Hall–Kier alpha value is -4.25. The van der Waals surface area contributed by atoms with Crippen molar-refractivity contribution in [2.75, 3.05) is 32.0 Å². The third kappa shape index (κ3) is 19.2. The van der Waals surface area contributed by atoms with Crippen molar-refractivity contribution in [3.8, 4) is 0 Å². The van der Waals surface area contributed by atoms with Crippen molar-refractivity contribution in [1.29, 1.82) is 0 Å². The van der Waals surface area contributed by atoms with Crippen LogP contribution in [0.2, 0.25) is 0 Å². The molecule has 2 heterocycles. The van der Waals surface area contributed by atoms with E-state index in [1.54, 1.807) is 18.4 Å². The second-order valence-electron chi connectivity index (χ2n) is 9.79. The van der Waals surface area contributed by atoms with Gasteiger partial charge in [0.25, 0.3) is 5.91 Å². The lowest BCUT2D eigenvalue weighted by Crippen LogP contribution is -2.32. The first-order valence-electron chi connectivity index (χ1n) is 15.3. The number of aliphatic imine (C=N–C) groups is 1. The normalized spacial score (nSPS) is 16.8. The van der Waals surface area contributed by atoms with Gasteiger partial charge in [0.1, 0.15) is 11.5 Å². The number of likely N-dealkylation sites (tertiary alicyclic amines) is 1. The summed E-state index contributed by atoms with van der Waals surface area (Å²) in [6.07, 6.45) is 8.54. The van der Waals surface area contributed by atoms with Crippen molar-refractivity contribution in [3.05, 3.63) is 90.1 Å². The Balaban J connectivity index is 0. The van der Waals surface area contributed by atoms with Crippen LogP contribution in [0.4, 0.5) is 14.5 Å². The van der Waals surface area contributed by atoms with Crippen LogP contribution in [0.25, 0.3) is 0 Å². The van der Waals surface area contributed by atoms with E-state index in [9.17, 15) is 13.6 Å². The second-order valence-corrected chi connectivity index (χ2v) is 9.79. The Labute approximate surface area is 275 Å². The summed E-state index contributed by atoms with van der Waals surface area (Å²) >= 11 is 0. The maximum absolute atomic E-state index is 12.3. The number of rotatable bonds is 10. The zero-order valence-electron chi connectivity index (χ0n) is 28.9. The number of nitrogens with two attached hydrogens (primary N) is 1. The fraction of sp³-hybridized carbons (Fsp3) is 0.457. The van der Waals surface area contributed by atoms with E-state index in [1.165, 1.54) is 31.4 Å². The Kier molecular flexibility index (Phi) is 24.8. The fourth-order valence-corrected chi connectivity index (χ4v) is 4.00. The summed E-state index contributed by atoms with van der Waals surface area (Å²) in [5.74, 6) is -0.0616. The minimum absolute atomic E-state index is 0.00926. The van der Waals surface area contributed by atoms with Crippen molar-refractivity contribution in [2.45, 2.75) is 80.1 Å². The largest absolute Gasteiger partial charge is 0.585 e. The molecule has 2 amide bonds. The van der Waals surface area contributed by atoms with E-state index >= 15 is 0 Å². The van der Waals surface area contributed by atoms with Gasteiger partial charge >= 0.3 is 6.29 Å². The lowest BCUT2D eigenvalue weighted by molar-refractivity contribution is -0.336. The molecule has 2 aliphatic heterocycles. The van der Waals surface area contributed by atoms with Crippen molar-refractivity contribution in [1.82, 2.24) is 10.2 Å². The molecule has 1 atom stereocenters. The highest BCUT2D eigenvalue weighted by Gasteiger charge is 2.42. The Morgan fingerprint density at radius 3 is 2.26 bits per heavy atom. The average molecular weight is 648 g/mol. The van der Waals surface area contributed by atoms with Crippen LogP contribution in [-0.2, 0) is 19.1 Å². The first kappa shape index (κ1) is 43.9. The van der Waals surface area contributed by atoms with Gasteiger partial charge in [-0.3, -0.25) is 14.6 Å². The number of nitrogens with one attached hydrogen (secondary N) is 2. The number of amides is 2. The van der Waals surface area contributed by atoms with Crippen LogP contribution >= 0.6 is 0 Å². The van der Waals surface area contributed by atoms with Crippen molar-refractivity contribution >= 4 is 24.2 Å². The minimum atomic E-state index is -3.51. The molecule has 0 saturated carbocycles. The number of para-hydroxylation sites is 1. The zero-order valence-corrected chi connectivity index (χ0v) is 28.9. The Morgan fingerprint density at radius 1 is 1.20 bits per heavy atom. The average Bonchev–Trinajstić information content (AvgIpc) is 3.56. The summed E-state index contributed by atoms with van der Waals surface area (Å²) in [4.78, 5) is 27.6. The number of hydrogen-bond donors (Lipinski definition) is 3. The number of nitrogens with zero attached hydrogens (tertiary/aromatic N) is 2. The van der Waals surface area contributed by atoms with E-state index in [2.05, 4.69) is 75.0 Å². The number of ether oxygens (including phenoxy) is 2. The third-order valence-corrected chi connectivity index (χ3v) is 6.25. The van der Waals surface area contributed by atoms with Crippen LogP contribution in [0, 0.1) is 6.92 Å². The zero-order chi connectivity index (χ0) is 35.5. The maximum atomic E-state index is 12.3. The monoisotopic (exact) mass is 647 g/mol. The molecule has 0 radical (unpaired) electrons. The number of alkyl halides is 2. The number of aryl methyl sites for hydroxylation is 1. The highest BCUT2D eigenvalue weighted by Crippen LogP contribution is 2.33. The number of carbonyl (C=O) groups excluding carboxylic acids is 2. The molecule has 0 aromatic heterocycles. The van der Waals surface area contributed by atoms with Gasteiger partial charge in [-0.1, -0.05) is 56.4 Å². The minimum Gasteiger partial charge on any atom is -0.400 e. The van der Waals surface area contributed by atoms with E-state index in [1.807, 2.05) is 52.8 Å². The number of primary amides is 1. The van der Waals surface area contributed by atoms with Gasteiger partial charge in [-0.05, 0) is 91.3 Å². The standard InChI is InChI=1S/C23H34N4O.C6H6F2O2.C3H6.C2H6.CH3NO/c1-5-21(23(28)25-15-13-20-10-8-16-27(20)4)24-14-12-18(2)17-26-22-11-7-6-9-19(22)3;1-3-5-4(2)9-6(7,8)10-5;1-3-2;1-2;2-1-3/h5-7,9,11-12,14,20,26H,8,10,13,15-17H2,1-4H3,(H,25,28);3H,1H2,2H3;3H,1H2,2H3;1-2H3;1H,(H2,2,3)/b18-12+,21-5-,24-14-;;;;. The van der Waals surface area contributed by atoms with Gasteiger partial charge in [0.15, 0.2) is 5.76 Å². The van der Waals surface area contributed by atoms with Crippen LogP contribution in [0.1, 0.15) is 66.4 Å². The highest BCUT2D eigenvalue weighted by atomic mass is 19.3. The number of halogens is 2. The molecule has 1 aromatic carbocycles. The molecular formula is C35H55F2N5O4. The molecule has 0 bridgehead atoms. The summed E-state index contributed by atoms with van der Waals surface area (Å²) in [7, 11) is 2.16. The summed E-state index contributed by atoms with van der Waals surface area (Å²) in [6.45, 7) is 22.5. The number of benzene rings is 1. The second kappa shape index (κ2) is 26.0. The van der Waals surface area contributed by atoms with Crippen LogP contribution in [0.5, 0.6) is 0 Å². The summed E-state index contributed by atoms with van der Waals surface area (Å²) < 4.78 is 32.2. The Bertz CT molecular complexity index is 1170. The predicted octanol–water partition coefficient (Wildman–Crippen LogP) is 7.25. The highest BCUT2D eigenvalue weighted by molar-refractivity contribution is 5.95. The maximum Gasteiger partial charge on any atom is 0.585 e. The lowest BCUT2D eigenvalue weighted by atomic mass is 10.1. The van der Waals surface area contributed by atoms with Crippen LogP contribution in [0.3, 0.4) is 0 Å². The number of carbonyl (C=O) groups is 2. The van der Waals surface area contributed by atoms with Gasteiger partial charge in [0.05, 0.1) is 0 Å². The predicted molar refractivity (Wildman–Crippen MR) is 186 cm³/mol. The van der Waals surface area contributed by atoms with E-state index in [-0.39, 0.29) is 23.8 Å². The molecule has 2 aliphatic rings. The molecule has 46 heavy (non-hydrogen) atoms. The molecule has 1 fully saturated rings. The molecule has 0 aliphatic carbocycles. The first-order valence-corrected chi connectivity index (χ1v) is 15.3. The Morgan fingerprint density at radius 2 is 1.80 bits per heavy atom. The molecule has 11 heteroatoms. The van der Waals surface area contributed by atoms with E-state index in [4.69, 9.17) is 4.79 Å². The topological polar surface area (TPSA) is 118 Å². The van der Waals surface area contributed by atoms with Gasteiger partial charge in [-0.2, -0.15) is 0 Å². The van der Waals surface area contributed by atoms with E-state index < -0.39 is 6.29 Å². The molecule has 3 rings (SSSR count). The summed E-state index contributed by atoms with van der Waals surface area (Å²) in [5.41, 5.74) is 8.12. The fourth-order valence-electron chi connectivity index (χ4n) is 4.00. The number of hydrogen-bond acceptors (Lipinski definition) is 7. The van der Waals surface area contributed by atoms with E-state index in [0.717, 1.165) is 30.8 Å². The quantitative estimate of drug-likeness (QED) is 0.107. The summed E-state index contributed by atoms with van der Waals surface area (Å²) in [5, 5.41) is 6.41. The molecule has 1 aromatic rings. The molecule has 9 nitrogen and oxygen atoms in total. The number of allylic oxidation sites excluding steroid dienone is 5. The van der Waals surface area contributed by atoms with Gasteiger partial charge in [-0.25, -0.2) is 0 Å². The molecule has 0 spiro atoms. The molecule has 258 valence electrons.